The van der Waals surface area contributed by atoms with Crippen LogP contribution in [-0.2, 0) is 13.1 Å². The predicted octanol–water partition coefficient (Wildman–Crippen LogP) is 3.57. The quantitative estimate of drug-likeness (QED) is 0.766. The molecule has 2 rings (SSSR count). The zero-order valence-corrected chi connectivity index (χ0v) is 11.3. The van der Waals surface area contributed by atoms with E-state index in [9.17, 15) is 0 Å². The molecule has 2 aromatic rings. The molecule has 1 heterocycles. The van der Waals surface area contributed by atoms with E-state index in [0.29, 0.717) is 5.92 Å². The van der Waals surface area contributed by atoms with Gasteiger partial charge in [-0.25, -0.2) is 0 Å². The van der Waals surface area contributed by atoms with Crippen LogP contribution < -0.4 is 5.32 Å². The predicted molar refractivity (Wildman–Crippen MR) is 78.7 cm³/mol. The van der Waals surface area contributed by atoms with Crippen LogP contribution in [0.15, 0.2) is 43.1 Å². The van der Waals surface area contributed by atoms with Gasteiger partial charge in [-0.3, -0.25) is 0 Å². The molecule has 0 bridgehead atoms. The van der Waals surface area contributed by atoms with Gasteiger partial charge >= 0.3 is 0 Å². The van der Waals surface area contributed by atoms with Crippen LogP contribution in [0.5, 0.6) is 0 Å². The Balaban J connectivity index is 2.10. The van der Waals surface area contributed by atoms with Gasteiger partial charge in [0.25, 0.3) is 0 Å². The van der Waals surface area contributed by atoms with E-state index in [1.165, 1.54) is 16.5 Å². The first-order chi connectivity index (χ1) is 8.70. The number of benzene rings is 1. The zero-order valence-electron chi connectivity index (χ0n) is 11.3. The Morgan fingerprint density at radius 3 is 2.89 bits per heavy atom. The third-order valence-corrected chi connectivity index (χ3v) is 3.04. The Hall–Kier alpha value is -1.54. The van der Waals surface area contributed by atoms with E-state index < -0.39 is 0 Å². The Bertz CT molecular complexity index is 523. The van der Waals surface area contributed by atoms with Gasteiger partial charge in [0.2, 0.25) is 0 Å². The summed E-state index contributed by atoms with van der Waals surface area (Å²) in [4.78, 5) is 0. The molecule has 1 N–H and O–H groups in total. The summed E-state index contributed by atoms with van der Waals surface area (Å²) in [7, 11) is 0. The molecule has 0 atom stereocenters. The number of aromatic nitrogens is 1. The van der Waals surface area contributed by atoms with Gasteiger partial charge in [-0.2, -0.15) is 0 Å². The minimum atomic E-state index is 0.697. The zero-order chi connectivity index (χ0) is 13.0. The molecule has 0 amide bonds. The van der Waals surface area contributed by atoms with Crippen molar-refractivity contribution in [2.45, 2.75) is 26.9 Å². The minimum absolute atomic E-state index is 0.697. The summed E-state index contributed by atoms with van der Waals surface area (Å²) in [6.07, 6.45) is 4.05. The van der Waals surface area contributed by atoms with Crippen LogP contribution >= 0.6 is 0 Å². The van der Waals surface area contributed by atoms with Crippen molar-refractivity contribution in [2.75, 3.05) is 6.54 Å². The second kappa shape index (κ2) is 5.87. The molecule has 0 aliphatic heterocycles. The summed E-state index contributed by atoms with van der Waals surface area (Å²) in [5, 5.41) is 4.78. The Labute approximate surface area is 109 Å². The molecule has 0 fully saturated rings. The van der Waals surface area contributed by atoms with Crippen LogP contribution in [0.1, 0.15) is 19.4 Å². The molecule has 0 aliphatic carbocycles. The van der Waals surface area contributed by atoms with Crippen molar-refractivity contribution < 1.29 is 0 Å². The Morgan fingerprint density at radius 2 is 2.17 bits per heavy atom. The highest BCUT2D eigenvalue weighted by Gasteiger charge is 2.01. The van der Waals surface area contributed by atoms with Gasteiger partial charge in [-0.05, 0) is 41.6 Å². The standard InChI is InChI=1S/C16H22N2/c1-4-8-18-9-7-15-10-14(5-6-16(15)18)12-17-11-13(2)3/h4-7,9-10,13,17H,1,8,11-12H2,2-3H3. The van der Waals surface area contributed by atoms with E-state index in [2.05, 4.69) is 60.8 Å². The van der Waals surface area contributed by atoms with Gasteiger partial charge in [0.1, 0.15) is 0 Å². The first-order valence-electron chi connectivity index (χ1n) is 6.60. The molecule has 0 spiro atoms. The number of allylic oxidation sites excluding steroid dienone is 1. The maximum Gasteiger partial charge on any atom is 0.0483 e. The molecule has 18 heavy (non-hydrogen) atoms. The van der Waals surface area contributed by atoms with Gasteiger partial charge in [-0.1, -0.05) is 26.0 Å². The van der Waals surface area contributed by atoms with Gasteiger partial charge in [0.05, 0.1) is 0 Å². The number of rotatable bonds is 6. The third-order valence-electron chi connectivity index (χ3n) is 3.04. The van der Waals surface area contributed by atoms with Gasteiger partial charge < -0.3 is 9.88 Å². The van der Waals surface area contributed by atoms with E-state index in [1.54, 1.807) is 0 Å². The fourth-order valence-electron chi connectivity index (χ4n) is 2.16. The van der Waals surface area contributed by atoms with Crippen LogP contribution in [0.3, 0.4) is 0 Å². The van der Waals surface area contributed by atoms with Gasteiger partial charge in [0.15, 0.2) is 0 Å². The van der Waals surface area contributed by atoms with Crippen molar-refractivity contribution in [3.8, 4) is 0 Å². The molecular formula is C16H22N2. The molecule has 1 aromatic heterocycles. The largest absolute Gasteiger partial charge is 0.344 e. The summed E-state index contributed by atoms with van der Waals surface area (Å²) in [6.45, 7) is 11.1. The highest BCUT2D eigenvalue weighted by Crippen LogP contribution is 2.17. The molecular weight excluding hydrogens is 220 g/mol. The molecule has 0 saturated heterocycles. The molecule has 0 saturated carbocycles. The van der Waals surface area contributed by atoms with Gasteiger partial charge in [-0.15, -0.1) is 6.58 Å². The molecule has 2 nitrogen and oxygen atoms in total. The van der Waals surface area contributed by atoms with Crippen molar-refractivity contribution in [3.63, 3.8) is 0 Å². The van der Waals surface area contributed by atoms with Crippen molar-refractivity contribution in [2.24, 2.45) is 5.92 Å². The Morgan fingerprint density at radius 1 is 1.33 bits per heavy atom. The fourth-order valence-corrected chi connectivity index (χ4v) is 2.16. The molecule has 0 aliphatic rings. The molecule has 1 aromatic carbocycles. The summed E-state index contributed by atoms with van der Waals surface area (Å²) >= 11 is 0. The second-order valence-electron chi connectivity index (χ2n) is 5.17. The van der Waals surface area contributed by atoms with Crippen molar-refractivity contribution in [1.29, 1.82) is 0 Å². The highest BCUT2D eigenvalue weighted by atomic mass is 14.9. The van der Waals surface area contributed by atoms with Crippen LogP contribution in [0.2, 0.25) is 0 Å². The monoisotopic (exact) mass is 242 g/mol. The van der Waals surface area contributed by atoms with E-state index in [0.717, 1.165) is 19.6 Å². The second-order valence-corrected chi connectivity index (χ2v) is 5.17. The lowest BCUT2D eigenvalue weighted by atomic mass is 10.1. The summed E-state index contributed by atoms with van der Waals surface area (Å²) < 4.78 is 2.22. The van der Waals surface area contributed by atoms with Crippen molar-refractivity contribution in [1.82, 2.24) is 9.88 Å². The molecule has 0 radical (unpaired) electrons. The molecule has 0 unspecified atom stereocenters. The highest BCUT2D eigenvalue weighted by molar-refractivity contribution is 5.80. The van der Waals surface area contributed by atoms with Crippen molar-refractivity contribution >= 4 is 10.9 Å². The van der Waals surface area contributed by atoms with Crippen molar-refractivity contribution in [3.05, 3.63) is 48.7 Å². The maximum atomic E-state index is 3.79. The first kappa shape index (κ1) is 12.9. The summed E-state index contributed by atoms with van der Waals surface area (Å²) in [6, 6.07) is 8.84. The average Bonchev–Trinajstić information content (AvgIpc) is 2.72. The number of nitrogens with one attached hydrogen (secondary N) is 1. The smallest absolute Gasteiger partial charge is 0.0483 e. The topological polar surface area (TPSA) is 17.0 Å². The normalized spacial score (nSPS) is 11.3. The van der Waals surface area contributed by atoms with E-state index >= 15 is 0 Å². The van der Waals surface area contributed by atoms with Gasteiger partial charge in [0, 0.05) is 24.8 Å². The van der Waals surface area contributed by atoms with E-state index in [1.807, 2.05) is 6.08 Å². The van der Waals surface area contributed by atoms with E-state index in [4.69, 9.17) is 0 Å². The number of hydrogen-bond acceptors (Lipinski definition) is 1. The van der Waals surface area contributed by atoms with Crippen LogP contribution in [0.25, 0.3) is 10.9 Å². The fraction of sp³-hybridized carbons (Fsp3) is 0.375. The lowest BCUT2D eigenvalue weighted by molar-refractivity contribution is 0.552. The minimum Gasteiger partial charge on any atom is -0.344 e. The van der Waals surface area contributed by atoms with E-state index in [-0.39, 0.29) is 0 Å². The average molecular weight is 242 g/mol. The third kappa shape index (κ3) is 3.02. The van der Waals surface area contributed by atoms with Crippen LogP contribution in [0, 0.1) is 5.92 Å². The number of hydrogen-bond donors (Lipinski definition) is 1. The summed E-state index contributed by atoms with van der Waals surface area (Å²) in [5.41, 5.74) is 2.63. The first-order valence-corrected chi connectivity index (χ1v) is 6.60. The SMILES string of the molecule is C=CCn1ccc2cc(CNCC(C)C)ccc21. The number of nitrogens with zero attached hydrogens (tertiary/aromatic N) is 1. The summed E-state index contributed by atoms with van der Waals surface area (Å²) in [5.74, 6) is 0.697. The van der Waals surface area contributed by atoms with Crippen LogP contribution in [-0.4, -0.2) is 11.1 Å². The van der Waals surface area contributed by atoms with Crippen LogP contribution in [0.4, 0.5) is 0 Å². The molecule has 96 valence electrons. The number of fused-ring (bicyclic) bond motifs is 1. The Kier molecular flexibility index (Phi) is 4.21. The maximum absolute atomic E-state index is 3.79. The lowest BCUT2D eigenvalue weighted by Gasteiger charge is -2.08. The molecule has 2 heteroatoms. The lowest BCUT2D eigenvalue weighted by Crippen LogP contribution is -2.18.